The zero-order valence-electron chi connectivity index (χ0n) is 29.0. The highest BCUT2D eigenvalue weighted by molar-refractivity contribution is 7.27. The van der Waals surface area contributed by atoms with Crippen LogP contribution in [0.25, 0.3) is 113 Å². The molecule has 3 nitrogen and oxygen atoms in total. The minimum absolute atomic E-state index is 0.868. The molecule has 0 atom stereocenters. The van der Waals surface area contributed by atoms with Crippen molar-refractivity contribution in [3.8, 4) is 28.1 Å². The second-order valence-corrected chi connectivity index (χ2v) is 15.1. The van der Waals surface area contributed by atoms with Crippen LogP contribution >= 0.6 is 11.3 Å². The molecule has 0 unspecified atom stereocenters. The van der Waals surface area contributed by atoms with E-state index in [0.717, 1.165) is 33.4 Å². The maximum Gasteiger partial charge on any atom is 0.139 e. The number of para-hydroxylation sites is 1. The molecular weight excluding hydrogens is 675 g/mol. The van der Waals surface area contributed by atoms with Crippen LogP contribution in [0.3, 0.4) is 0 Å². The Balaban J connectivity index is 1.27. The first kappa shape index (κ1) is 29.7. The number of rotatable bonds is 3. The van der Waals surface area contributed by atoms with Crippen LogP contribution in [0.15, 0.2) is 176 Å². The van der Waals surface area contributed by atoms with Gasteiger partial charge in [-0.05, 0) is 68.1 Å². The summed E-state index contributed by atoms with van der Waals surface area (Å²) in [5.74, 6) is 0.882. The fraction of sp³-hybridized carbons (Fsp3) is 0. The Hall–Kier alpha value is -6.88. The summed E-state index contributed by atoms with van der Waals surface area (Å²) in [4.78, 5) is 9.99. The van der Waals surface area contributed by atoms with Crippen LogP contribution in [0, 0.1) is 0 Å². The van der Waals surface area contributed by atoms with Crippen molar-refractivity contribution in [1.82, 2.24) is 14.5 Å². The number of fused-ring (bicyclic) bond motifs is 16. The zero-order chi connectivity index (χ0) is 35.3. The van der Waals surface area contributed by atoms with Crippen LogP contribution in [0.4, 0.5) is 0 Å². The molecule has 0 fully saturated rings. The predicted molar refractivity (Wildman–Crippen MR) is 230 cm³/mol. The highest BCUT2D eigenvalue weighted by atomic mass is 32.1. The Morgan fingerprint density at radius 2 is 1.04 bits per heavy atom. The zero-order valence-corrected chi connectivity index (χ0v) is 29.8. The topological polar surface area (TPSA) is 30.7 Å². The van der Waals surface area contributed by atoms with Crippen molar-refractivity contribution in [2.24, 2.45) is 0 Å². The molecule has 12 rings (SSSR count). The lowest BCUT2D eigenvalue weighted by atomic mass is 9.89. The number of benzene rings is 8. The van der Waals surface area contributed by atoms with E-state index in [1.165, 1.54) is 79.9 Å². The summed E-state index contributed by atoms with van der Waals surface area (Å²) in [5.41, 5.74) is 7.88. The largest absolute Gasteiger partial charge is 0.292 e. The van der Waals surface area contributed by atoms with Crippen molar-refractivity contribution in [3.63, 3.8) is 0 Å². The second kappa shape index (κ2) is 11.3. The van der Waals surface area contributed by atoms with Gasteiger partial charge < -0.3 is 0 Å². The Morgan fingerprint density at radius 1 is 0.444 bits per heavy atom. The molecule has 8 aromatic carbocycles. The lowest BCUT2D eigenvalue weighted by Crippen LogP contribution is -2.00. The van der Waals surface area contributed by atoms with Crippen molar-refractivity contribution in [2.75, 3.05) is 0 Å². The summed E-state index contributed by atoms with van der Waals surface area (Å²) in [7, 11) is 0. The lowest BCUT2D eigenvalue weighted by Gasteiger charge is -2.16. The Labute approximate surface area is 314 Å². The van der Waals surface area contributed by atoms with E-state index < -0.39 is 0 Å². The molecule has 4 heterocycles. The van der Waals surface area contributed by atoms with E-state index in [0.29, 0.717) is 0 Å². The second-order valence-electron chi connectivity index (χ2n) is 14.1. The first-order valence-electron chi connectivity index (χ1n) is 18.3. The maximum atomic E-state index is 5.43. The third-order valence-corrected chi connectivity index (χ3v) is 12.4. The SMILES string of the molecule is c1ccc(-c2ccc(-c3cc(-n4c5ccccc5c5c6c7ccccc7c7ccccc7c6c6c7ccccc7sc6c54)nc4cnccc34)cc2)cc1. The number of aromatic nitrogens is 3. The molecule has 0 bridgehead atoms. The predicted octanol–water partition coefficient (Wildman–Crippen LogP) is 13.9. The highest BCUT2D eigenvalue weighted by Gasteiger charge is 2.25. The van der Waals surface area contributed by atoms with Crippen molar-refractivity contribution in [2.45, 2.75) is 0 Å². The van der Waals surface area contributed by atoms with Gasteiger partial charge in [-0.25, -0.2) is 4.98 Å². The third-order valence-electron chi connectivity index (χ3n) is 11.2. The summed E-state index contributed by atoms with van der Waals surface area (Å²) in [6.45, 7) is 0. The number of hydrogen-bond donors (Lipinski definition) is 0. The smallest absolute Gasteiger partial charge is 0.139 e. The molecule has 4 heteroatoms. The summed E-state index contributed by atoms with van der Waals surface area (Å²) < 4.78 is 4.99. The van der Waals surface area contributed by atoms with Crippen LogP contribution in [0.2, 0.25) is 0 Å². The molecule has 0 aliphatic carbocycles. The van der Waals surface area contributed by atoms with Gasteiger partial charge in [0, 0.05) is 48.6 Å². The van der Waals surface area contributed by atoms with Crippen molar-refractivity contribution >= 4 is 96.5 Å². The van der Waals surface area contributed by atoms with Gasteiger partial charge in [0.1, 0.15) is 5.82 Å². The summed E-state index contributed by atoms with van der Waals surface area (Å²) in [6, 6.07) is 59.5. The molecule has 0 amide bonds. The molecule has 0 saturated carbocycles. The average Bonchev–Trinajstić information content (AvgIpc) is 3.80. The minimum Gasteiger partial charge on any atom is -0.292 e. The lowest BCUT2D eigenvalue weighted by molar-refractivity contribution is 1.10. The van der Waals surface area contributed by atoms with Gasteiger partial charge in [0.2, 0.25) is 0 Å². The van der Waals surface area contributed by atoms with Gasteiger partial charge in [-0.3, -0.25) is 9.55 Å². The molecule has 54 heavy (non-hydrogen) atoms. The van der Waals surface area contributed by atoms with E-state index in [2.05, 4.69) is 173 Å². The van der Waals surface area contributed by atoms with E-state index in [-0.39, 0.29) is 0 Å². The quantitative estimate of drug-likeness (QED) is 0.172. The van der Waals surface area contributed by atoms with Gasteiger partial charge in [0.05, 0.1) is 27.4 Å². The Morgan fingerprint density at radius 3 is 1.80 bits per heavy atom. The first-order chi connectivity index (χ1) is 26.8. The van der Waals surface area contributed by atoms with Gasteiger partial charge in [-0.15, -0.1) is 11.3 Å². The van der Waals surface area contributed by atoms with E-state index in [1.54, 1.807) is 0 Å². The molecule has 0 aliphatic rings. The average molecular weight is 704 g/mol. The van der Waals surface area contributed by atoms with Gasteiger partial charge >= 0.3 is 0 Å². The van der Waals surface area contributed by atoms with Crippen LogP contribution in [0.1, 0.15) is 0 Å². The first-order valence-corrected chi connectivity index (χ1v) is 19.1. The summed E-state index contributed by atoms with van der Waals surface area (Å²) in [5, 5.41) is 13.9. The van der Waals surface area contributed by atoms with Crippen LogP contribution < -0.4 is 0 Å². The van der Waals surface area contributed by atoms with E-state index in [1.807, 2.05) is 23.7 Å². The van der Waals surface area contributed by atoms with Crippen LogP contribution in [-0.4, -0.2) is 14.5 Å². The standard InChI is InChI=1S/C50H29N3S/c1-2-12-30(13-3-1)31-22-24-32(25-23-31)40-28-44(52-41-29-51-27-26-35(40)41)53-42-20-10-8-18-38(42)47-45-36-16-6-4-14-33(36)34-15-5-7-17-37(34)46(45)48-39-19-9-11-21-43(39)54-50(48)49(47)53/h1-29H. The normalized spacial score (nSPS) is 12.1. The number of hydrogen-bond acceptors (Lipinski definition) is 3. The molecular formula is C50H29N3S. The molecule has 0 aliphatic heterocycles. The number of nitrogens with zero attached hydrogens (tertiary/aromatic N) is 3. The minimum atomic E-state index is 0.868. The van der Waals surface area contributed by atoms with Gasteiger partial charge in [-0.2, -0.15) is 0 Å². The Bertz CT molecular complexity index is 3490. The van der Waals surface area contributed by atoms with Crippen molar-refractivity contribution in [1.29, 1.82) is 0 Å². The monoisotopic (exact) mass is 703 g/mol. The van der Waals surface area contributed by atoms with Crippen molar-refractivity contribution in [3.05, 3.63) is 176 Å². The summed E-state index contributed by atoms with van der Waals surface area (Å²) >= 11 is 1.89. The summed E-state index contributed by atoms with van der Waals surface area (Å²) in [6.07, 6.45) is 3.77. The third kappa shape index (κ3) is 4.11. The molecule has 0 radical (unpaired) electrons. The Kier molecular flexibility index (Phi) is 6.21. The van der Waals surface area contributed by atoms with Crippen molar-refractivity contribution < 1.29 is 0 Å². The van der Waals surface area contributed by atoms with Crippen LogP contribution in [0.5, 0.6) is 0 Å². The van der Waals surface area contributed by atoms with Crippen LogP contribution in [-0.2, 0) is 0 Å². The molecule has 0 saturated heterocycles. The van der Waals surface area contributed by atoms with E-state index >= 15 is 0 Å². The molecule has 0 spiro atoms. The van der Waals surface area contributed by atoms with E-state index in [4.69, 9.17) is 4.98 Å². The highest BCUT2D eigenvalue weighted by Crippen LogP contribution is 2.51. The molecule has 4 aromatic heterocycles. The fourth-order valence-electron chi connectivity index (χ4n) is 8.96. The molecule has 12 aromatic rings. The van der Waals surface area contributed by atoms with Gasteiger partial charge in [-0.1, -0.05) is 140 Å². The van der Waals surface area contributed by atoms with Gasteiger partial charge in [0.25, 0.3) is 0 Å². The number of thiophene rings is 1. The molecule has 0 N–H and O–H groups in total. The maximum absolute atomic E-state index is 5.43. The van der Waals surface area contributed by atoms with E-state index in [9.17, 15) is 0 Å². The fourth-order valence-corrected chi connectivity index (χ4v) is 10.2. The molecule has 250 valence electrons. The van der Waals surface area contributed by atoms with Gasteiger partial charge in [0.15, 0.2) is 0 Å². The number of pyridine rings is 2.